The molecular formula is C55H82N14O13S2. The van der Waals surface area contributed by atoms with E-state index in [0.29, 0.717) is 24.8 Å². The summed E-state index contributed by atoms with van der Waals surface area (Å²) in [5.41, 5.74) is 23.1. The van der Waals surface area contributed by atoms with Crippen molar-refractivity contribution < 1.29 is 63.0 Å². The number of aliphatic hydroxyl groups is 1. The zero-order valence-corrected chi connectivity index (χ0v) is 49.2. The molecule has 2 saturated heterocycles. The van der Waals surface area contributed by atoms with Gasteiger partial charge in [0.2, 0.25) is 59.1 Å². The molecule has 2 aliphatic heterocycles. The molecule has 0 radical (unpaired) electrons. The number of guanidine groups is 1. The normalized spacial score (nSPS) is 18.8. The van der Waals surface area contributed by atoms with Crippen LogP contribution in [-0.4, -0.2) is 183 Å². The highest BCUT2D eigenvalue weighted by atomic mass is 32.1. The van der Waals surface area contributed by atoms with Crippen molar-refractivity contribution in [2.24, 2.45) is 33.8 Å². The number of primary amides is 1. The van der Waals surface area contributed by atoms with Crippen LogP contribution in [0.5, 0.6) is 0 Å². The molecule has 0 aliphatic carbocycles. The molecule has 2 fully saturated rings. The number of thiol groups is 2. The second kappa shape index (κ2) is 34.3. The number of aliphatic hydroxyl groups excluding tert-OH is 1. The van der Waals surface area contributed by atoms with Crippen LogP contribution in [0, 0.1) is 5.92 Å². The molecule has 0 saturated carbocycles. The number of nitrogens with one attached hydrogen (secondary N) is 7. The van der Waals surface area contributed by atoms with Crippen molar-refractivity contribution in [3.8, 4) is 0 Å². The molecule has 0 aromatic heterocycles. The maximum Gasteiger partial charge on any atom is 0.327 e. The maximum absolute atomic E-state index is 15.1. The second-order valence-electron chi connectivity index (χ2n) is 20.9. The van der Waals surface area contributed by atoms with Gasteiger partial charge in [0.15, 0.2) is 5.96 Å². The Labute approximate surface area is 498 Å². The molecule has 0 unspecified atom stereocenters. The van der Waals surface area contributed by atoms with Gasteiger partial charge in [0, 0.05) is 50.4 Å². The second-order valence-corrected chi connectivity index (χ2v) is 21.6. The van der Waals surface area contributed by atoms with E-state index >= 15 is 4.79 Å². The first-order chi connectivity index (χ1) is 39.9. The van der Waals surface area contributed by atoms with Gasteiger partial charge in [-0.2, -0.15) is 25.3 Å². The minimum Gasteiger partial charge on any atom is -0.480 e. The number of hydrogen-bond donors (Lipinski definition) is 15. The Balaban J connectivity index is 1.62. The number of likely N-dealkylation sites (tertiary alicyclic amines) is 2. The summed E-state index contributed by atoms with van der Waals surface area (Å²) in [6, 6.07) is 3.51. The van der Waals surface area contributed by atoms with Crippen molar-refractivity contribution >= 4 is 96.3 Å². The number of hydrogen-bond acceptors (Lipinski definition) is 16. The Hall–Kier alpha value is -7.50. The number of β-amino-alcohol motifs (C(OH)–C–C–N with tert-alkyl or cyclic N) is 1. The highest BCUT2D eigenvalue weighted by Crippen LogP contribution is 2.27. The van der Waals surface area contributed by atoms with Gasteiger partial charge in [0.1, 0.15) is 54.4 Å². The fraction of sp³-hybridized carbons (Fsp3) is 0.564. The van der Waals surface area contributed by atoms with Gasteiger partial charge in [0.25, 0.3) is 0 Å². The minimum atomic E-state index is -1.55. The number of carboxylic acid groups (broad SMARTS) is 1. The van der Waals surface area contributed by atoms with Crippen LogP contribution < -0.4 is 60.2 Å². The van der Waals surface area contributed by atoms with Gasteiger partial charge in [-0.15, -0.1) is 0 Å². The van der Waals surface area contributed by atoms with E-state index in [1.807, 2.05) is 0 Å². The largest absolute Gasteiger partial charge is 0.480 e. The molecule has 2 aromatic carbocycles. The molecule has 0 spiro atoms. The summed E-state index contributed by atoms with van der Waals surface area (Å²) < 4.78 is 0. The molecule has 2 aromatic rings. The third-order valence-corrected chi connectivity index (χ3v) is 15.2. The lowest BCUT2D eigenvalue weighted by Crippen LogP contribution is -2.60. The molecule has 4 rings (SSSR count). The number of carbonyl (C=O) groups excluding carboxylic acids is 10. The lowest BCUT2D eigenvalue weighted by molar-refractivity contribution is -0.148. The highest BCUT2D eigenvalue weighted by molar-refractivity contribution is 7.80. The maximum atomic E-state index is 15.1. The lowest BCUT2D eigenvalue weighted by atomic mass is 9.97. The third-order valence-electron chi connectivity index (χ3n) is 14.5. The van der Waals surface area contributed by atoms with Crippen LogP contribution in [0.1, 0.15) is 102 Å². The Morgan fingerprint density at radius 2 is 1.25 bits per heavy atom. The van der Waals surface area contributed by atoms with Crippen molar-refractivity contribution in [2.45, 2.75) is 158 Å². The van der Waals surface area contributed by atoms with Crippen LogP contribution in [0.4, 0.5) is 0 Å². The van der Waals surface area contributed by atoms with Gasteiger partial charge >= 0.3 is 5.97 Å². The molecule has 10 amide bonds. The monoisotopic (exact) mass is 1210 g/mol. The van der Waals surface area contributed by atoms with Gasteiger partial charge in [0.05, 0.1) is 12.1 Å². The van der Waals surface area contributed by atoms with Crippen LogP contribution in [0.25, 0.3) is 0 Å². The molecule has 0 bridgehead atoms. The molecule has 84 heavy (non-hydrogen) atoms. The van der Waals surface area contributed by atoms with E-state index in [1.165, 1.54) is 17.0 Å². The standard InChI is InChI=1S/C55H82N14O13S2/c1-4-14-35(46(73)65-39(29-84)54(81)82)63-50(77)43(30(3)5-2)66-49(76)41-26-33(70)27-69(41)53(80)40-20-13-24-68(40)52(79)38(25-31-15-8-6-9-16-31)64-51(78)44(32-17-10-7-11-18-32)67-48(75)37(21-22-42(57)71)62-47(74)36(19-12-23-60-55(58)59)61-45(72)34(56)28-83/h6-11,15-18,30,33-41,43-44,70,83-84H,4-5,12-14,19-29,56H2,1-3H3,(H2,57,71)(H,61,72)(H,62,74)(H,63,77)(H,64,78)(H,65,73)(H,66,76)(H,67,75)(H,81,82)(H4,58,59,60)/t30-,33+,34-,35-,36-,37-,38-,39-,40-,41-,43-,44-/m0/s1. The number of nitrogens with two attached hydrogens (primary N) is 4. The summed E-state index contributed by atoms with van der Waals surface area (Å²) in [5, 5.41) is 38.8. The number of benzene rings is 2. The summed E-state index contributed by atoms with van der Waals surface area (Å²) >= 11 is 8.06. The summed E-state index contributed by atoms with van der Waals surface area (Å²) in [4.78, 5) is 158. The van der Waals surface area contributed by atoms with Gasteiger partial charge < -0.3 is 80.2 Å². The highest BCUT2D eigenvalue weighted by Gasteiger charge is 2.47. The smallest absolute Gasteiger partial charge is 0.327 e. The molecule has 2 aliphatic rings. The average molecular weight is 1210 g/mol. The predicted octanol–water partition coefficient (Wildman–Crippen LogP) is -2.62. The molecular weight excluding hydrogens is 1130 g/mol. The van der Waals surface area contributed by atoms with Crippen molar-refractivity contribution in [3.63, 3.8) is 0 Å². The van der Waals surface area contributed by atoms with E-state index in [4.69, 9.17) is 22.9 Å². The summed E-state index contributed by atoms with van der Waals surface area (Å²) in [6.07, 6.45) is -0.670. The van der Waals surface area contributed by atoms with Gasteiger partial charge in [-0.1, -0.05) is 94.3 Å². The SMILES string of the molecule is CCC[C@H](NC(=O)[C@@H](NC(=O)[C@@H]1C[C@@H](O)CN1C(=O)[C@@H]1CCCN1C(=O)[C@H](Cc1ccccc1)NC(=O)[C@@H](NC(=O)[C@H](CCC(N)=O)NC(=O)[C@H](CCCN=C(N)N)NC(=O)[C@@H](N)CS)c1ccccc1)[C@@H](C)CC)C(=O)N[C@@H](CS)C(=O)O. The zero-order chi connectivity index (χ0) is 62.2. The first-order valence-corrected chi connectivity index (χ1v) is 29.3. The summed E-state index contributed by atoms with van der Waals surface area (Å²) in [7, 11) is 0. The average Bonchev–Trinajstić information content (AvgIpc) is 3.65. The number of carbonyl (C=O) groups is 11. The molecule has 2 heterocycles. The predicted molar refractivity (Wildman–Crippen MR) is 316 cm³/mol. The molecule has 29 heteroatoms. The van der Waals surface area contributed by atoms with Gasteiger partial charge in [-0.05, 0) is 55.6 Å². The van der Waals surface area contributed by atoms with Crippen molar-refractivity contribution in [3.05, 3.63) is 71.8 Å². The molecule has 12 atom stereocenters. The van der Waals surface area contributed by atoms with Crippen LogP contribution in [-0.2, 0) is 59.2 Å². The van der Waals surface area contributed by atoms with Crippen LogP contribution >= 0.6 is 25.3 Å². The first kappa shape index (κ1) is 69.0. The Morgan fingerprint density at radius 1 is 0.679 bits per heavy atom. The van der Waals surface area contributed by atoms with E-state index in [0.717, 1.165) is 4.90 Å². The number of aliphatic imine (C=N–C) groups is 1. The molecule has 462 valence electrons. The van der Waals surface area contributed by atoms with E-state index < -0.39 is 144 Å². The van der Waals surface area contributed by atoms with Gasteiger partial charge in [-0.3, -0.25) is 52.9 Å². The fourth-order valence-corrected chi connectivity index (χ4v) is 10.1. The summed E-state index contributed by atoms with van der Waals surface area (Å²) in [6.45, 7) is 5.07. The minimum absolute atomic E-state index is 0.0241. The summed E-state index contributed by atoms with van der Waals surface area (Å²) in [5.74, 6) is -10.2. The van der Waals surface area contributed by atoms with Crippen molar-refractivity contribution in [1.29, 1.82) is 0 Å². The van der Waals surface area contributed by atoms with E-state index in [9.17, 15) is 58.2 Å². The lowest BCUT2D eigenvalue weighted by Gasteiger charge is -2.34. The number of carboxylic acids is 1. The topological polar surface area (TPSA) is 435 Å². The van der Waals surface area contributed by atoms with E-state index in [2.05, 4.69) is 67.5 Å². The number of nitrogens with zero attached hydrogens (tertiary/aromatic N) is 3. The Morgan fingerprint density at radius 3 is 1.83 bits per heavy atom. The number of rotatable bonds is 33. The van der Waals surface area contributed by atoms with Crippen molar-refractivity contribution in [2.75, 3.05) is 31.1 Å². The fourth-order valence-electron chi connectivity index (χ4n) is 9.67. The van der Waals surface area contributed by atoms with E-state index in [-0.39, 0.29) is 87.6 Å². The van der Waals surface area contributed by atoms with Crippen LogP contribution in [0.2, 0.25) is 0 Å². The van der Waals surface area contributed by atoms with Gasteiger partial charge in [-0.25, -0.2) is 4.79 Å². The quantitative estimate of drug-likeness (QED) is 0.0151. The van der Waals surface area contributed by atoms with E-state index in [1.54, 1.807) is 69.3 Å². The van der Waals surface area contributed by atoms with Crippen LogP contribution in [0.3, 0.4) is 0 Å². The number of amides is 10. The Kier molecular flexibility index (Phi) is 28.2. The van der Waals surface area contributed by atoms with Crippen molar-refractivity contribution in [1.82, 2.24) is 47.0 Å². The Bertz CT molecular complexity index is 2640. The molecule has 27 nitrogen and oxygen atoms in total. The van der Waals surface area contributed by atoms with Crippen LogP contribution in [0.15, 0.2) is 65.7 Å². The third kappa shape index (κ3) is 20.7. The number of aliphatic carboxylic acids is 1. The molecule has 17 N–H and O–H groups in total. The first-order valence-electron chi connectivity index (χ1n) is 28.0. The zero-order valence-electron chi connectivity index (χ0n) is 47.4.